The Kier molecular flexibility index (Phi) is 5.00. The van der Waals surface area contributed by atoms with Crippen molar-refractivity contribution in [3.8, 4) is 0 Å². The molecule has 8 nitrogen and oxygen atoms in total. The minimum absolute atomic E-state index is 0.00665. The van der Waals surface area contributed by atoms with Gasteiger partial charge in [0.1, 0.15) is 6.10 Å². The highest BCUT2D eigenvalue weighted by molar-refractivity contribution is 5.89. The molecule has 8 heteroatoms. The number of aliphatic hydroxyl groups excluding tert-OH is 1. The third-order valence-corrected chi connectivity index (χ3v) is 5.54. The van der Waals surface area contributed by atoms with Gasteiger partial charge in [0.25, 0.3) is 0 Å². The van der Waals surface area contributed by atoms with Gasteiger partial charge >= 0.3 is 0 Å². The van der Waals surface area contributed by atoms with Crippen LogP contribution in [0, 0.1) is 0 Å². The fourth-order valence-electron chi connectivity index (χ4n) is 3.93. The number of carbonyl (C=O) groups excluding carboxylic acids is 1. The van der Waals surface area contributed by atoms with E-state index in [4.69, 9.17) is 26.7 Å². The minimum Gasteiger partial charge on any atom is -0.390 e. The zero-order valence-electron chi connectivity index (χ0n) is 14.4. The van der Waals surface area contributed by atoms with Gasteiger partial charge in [0.15, 0.2) is 12.1 Å². The summed E-state index contributed by atoms with van der Waals surface area (Å²) in [4.78, 5) is 12.2. The van der Waals surface area contributed by atoms with E-state index in [1.807, 2.05) is 13.8 Å². The van der Waals surface area contributed by atoms with Crippen LogP contribution in [0.4, 0.5) is 0 Å². The van der Waals surface area contributed by atoms with Crippen LogP contribution in [0.15, 0.2) is 0 Å². The van der Waals surface area contributed by atoms with Gasteiger partial charge in [-0.25, -0.2) is 0 Å². The van der Waals surface area contributed by atoms with Crippen LogP contribution in [-0.2, 0) is 14.3 Å². The lowest BCUT2D eigenvalue weighted by Gasteiger charge is -2.40. The Balaban J connectivity index is 1.70. The summed E-state index contributed by atoms with van der Waals surface area (Å²) >= 11 is 0. The molecule has 0 amide bonds. The standard InChI is InChI=1S/C16H30N4O4/c1-7(17)12-4-3-8(18)15(23-12)24-13-9(19)6-16(2)14(20-16)11(22)5-10(13)21/h7-10,12-15,20-21H,3-6,17-19H2,1-2H3. The van der Waals surface area contributed by atoms with Gasteiger partial charge in [0, 0.05) is 24.0 Å². The number of aliphatic hydroxyl groups is 1. The number of nitrogens with one attached hydrogen (secondary N) is 1. The van der Waals surface area contributed by atoms with Crippen molar-refractivity contribution in [2.75, 3.05) is 0 Å². The van der Waals surface area contributed by atoms with E-state index in [1.54, 1.807) is 0 Å². The number of rotatable bonds is 3. The topological polar surface area (TPSA) is 156 Å². The molecule has 9 atom stereocenters. The average molecular weight is 342 g/mol. The smallest absolute Gasteiger partial charge is 0.173 e. The first kappa shape index (κ1) is 18.2. The van der Waals surface area contributed by atoms with E-state index < -0.39 is 24.5 Å². The van der Waals surface area contributed by atoms with Gasteiger partial charge in [0.05, 0.1) is 24.3 Å². The van der Waals surface area contributed by atoms with Crippen molar-refractivity contribution >= 4 is 5.78 Å². The summed E-state index contributed by atoms with van der Waals surface area (Å²) in [5.74, 6) is -0.00665. The fraction of sp³-hybridized carbons (Fsp3) is 0.938. The lowest BCUT2D eigenvalue weighted by Crippen LogP contribution is -2.56. The SMILES string of the molecule is CC(N)C1CCC(N)C(OC2C(N)CC3(C)NC3C(=O)CC2O)O1. The molecule has 2 heterocycles. The predicted octanol–water partition coefficient (Wildman–Crippen LogP) is -1.67. The number of ketones is 1. The molecule has 0 aromatic heterocycles. The molecule has 0 bridgehead atoms. The van der Waals surface area contributed by atoms with E-state index in [2.05, 4.69) is 5.32 Å². The summed E-state index contributed by atoms with van der Waals surface area (Å²) in [5, 5.41) is 13.6. The zero-order chi connectivity index (χ0) is 17.6. The molecule has 2 saturated heterocycles. The van der Waals surface area contributed by atoms with Gasteiger partial charge in [0.2, 0.25) is 0 Å². The number of hydrogen-bond donors (Lipinski definition) is 5. The molecule has 2 aliphatic heterocycles. The van der Waals surface area contributed by atoms with Crippen LogP contribution < -0.4 is 22.5 Å². The van der Waals surface area contributed by atoms with E-state index in [1.165, 1.54) is 0 Å². The number of ether oxygens (including phenoxy) is 2. The third-order valence-electron chi connectivity index (χ3n) is 5.54. The monoisotopic (exact) mass is 342 g/mol. The van der Waals surface area contributed by atoms with E-state index in [-0.39, 0.29) is 42.0 Å². The lowest BCUT2D eigenvalue weighted by molar-refractivity contribution is -0.243. The Morgan fingerprint density at radius 2 is 2.08 bits per heavy atom. The minimum atomic E-state index is -0.967. The van der Waals surface area contributed by atoms with Crippen LogP contribution in [0.5, 0.6) is 0 Å². The molecule has 1 saturated carbocycles. The van der Waals surface area contributed by atoms with Crippen molar-refractivity contribution in [2.24, 2.45) is 17.2 Å². The second kappa shape index (κ2) is 6.60. The molecule has 24 heavy (non-hydrogen) atoms. The van der Waals surface area contributed by atoms with E-state index in [0.29, 0.717) is 6.42 Å². The molecular weight excluding hydrogens is 312 g/mol. The Hall–Kier alpha value is -0.610. The van der Waals surface area contributed by atoms with E-state index >= 15 is 0 Å². The van der Waals surface area contributed by atoms with Gasteiger partial charge in [-0.3, -0.25) is 10.1 Å². The van der Waals surface area contributed by atoms with Gasteiger partial charge in [-0.05, 0) is 33.1 Å². The molecule has 3 aliphatic rings. The summed E-state index contributed by atoms with van der Waals surface area (Å²) in [6.45, 7) is 3.85. The second-order valence-electron chi connectivity index (χ2n) is 7.84. The largest absolute Gasteiger partial charge is 0.390 e. The van der Waals surface area contributed by atoms with Crippen molar-refractivity contribution in [3.05, 3.63) is 0 Å². The summed E-state index contributed by atoms with van der Waals surface area (Å²) in [6, 6.07) is -1.06. The molecule has 0 spiro atoms. The van der Waals surface area contributed by atoms with Crippen molar-refractivity contribution in [1.82, 2.24) is 5.32 Å². The molecule has 3 rings (SSSR count). The molecule has 0 aromatic rings. The second-order valence-corrected chi connectivity index (χ2v) is 7.84. The van der Waals surface area contributed by atoms with Crippen LogP contribution in [-0.4, -0.2) is 65.2 Å². The number of carbonyl (C=O) groups is 1. The molecule has 9 unspecified atom stereocenters. The normalized spacial score (nSPS) is 50.6. The Morgan fingerprint density at radius 3 is 2.75 bits per heavy atom. The number of fused-ring (bicyclic) bond motifs is 1. The van der Waals surface area contributed by atoms with E-state index in [0.717, 1.165) is 12.8 Å². The number of nitrogens with two attached hydrogens (primary N) is 3. The van der Waals surface area contributed by atoms with Crippen molar-refractivity contribution in [2.45, 2.75) is 93.8 Å². The van der Waals surface area contributed by atoms with Crippen LogP contribution in [0.25, 0.3) is 0 Å². The van der Waals surface area contributed by atoms with Crippen molar-refractivity contribution in [1.29, 1.82) is 0 Å². The molecule has 0 radical (unpaired) electrons. The van der Waals surface area contributed by atoms with Gasteiger partial charge < -0.3 is 31.8 Å². The van der Waals surface area contributed by atoms with Crippen molar-refractivity contribution < 1.29 is 19.4 Å². The molecule has 1 aliphatic carbocycles. The molecule has 8 N–H and O–H groups in total. The first-order chi connectivity index (χ1) is 11.2. The van der Waals surface area contributed by atoms with Crippen LogP contribution in [0.3, 0.4) is 0 Å². The van der Waals surface area contributed by atoms with Gasteiger partial charge in [-0.1, -0.05) is 0 Å². The first-order valence-electron chi connectivity index (χ1n) is 8.77. The Bertz CT molecular complexity index is 491. The highest BCUT2D eigenvalue weighted by Crippen LogP contribution is 2.36. The summed E-state index contributed by atoms with van der Waals surface area (Å²) < 4.78 is 11.9. The first-order valence-corrected chi connectivity index (χ1v) is 8.77. The molecule has 0 aromatic carbocycles. The number of Topliss-reactive ketones (excluding diaryl/α,β-unsaturated/α-hetero) is 1. The lowest BCUT2D eigenvalue weighted by atomic mass is 9.85. The molecule has 3 fully saturated rings. The zero-order valence-corrected chi connectivity index (χ0v) is 14.4. The summed E-state index contributed by atoms with van der Waals surface area (Å²) in [6.07, 6.45) is -0.400. The highest BCUT2D eigenvalue weighted by Gasteiger charge is 2.57. The summed E-state index contributed by atoms with van der Waals surface area (Å²) in [7, 11) is 0. The van der Waals surface area contributed by atoms with Crippen LogP contribution in [0.2, 0.25) is 0 Å². The number of hydrogen-bond acceptors (Lipinski definition) is 8. The van der Waals surface area contributed by atoms with E-state index in [9.17, 15) is 9.90 Å². The van der Waals surface area contributed by atoms with Gasteiger partial charge in [-0.2, -0.15) is 0 Å². The molecular formula is C16H30N4O4. The Morgan fingerprint density at radius 1 is 1.38 bits per heavy atom. The maximum absolute atomic E-state index is 12.2. The third kappa shape index (κ3) is 3.50. The summed E-state index contributed by atoms with van der Waals surface area (Å²) in [5.41, 5.74) is 18.0. The Labute approximate surface area is 142 Å². The van der Waals surface area contributed by atoms with Crippen molar-refractivity contribution in [3.63, 3.8) is 0 Å². The van der Waals surface area contributed by atoms with Crippen LogP contribution >= 0.6 is 0 Å². The fourth-order valence-corrected chi connectivity index (χ4v) is 3.93. The highest BCUT2D eigenvalue weighted by atomic mass is 16.7. The van der Waals surface area contributed by atoms with Crippen LogP contribution in [0.1, 0.15) is 39.5 Å². The predicted molar refractivity (Wildman–Crippen MR) is 87.9 cm³/mol. The molecule has 138 valence electrons. The average Bonchev–Trinajstić information content (AvgIpc) is 3.15. The maximum Gasteiger partial charge on any atom is 0.173 e. The van der Waals surface area contributed by atoms with Gasteiger partial charge in [-0.15, -0.1) is 0 Å². The maximum atomic E-state index is 12.2. The quantitative estimate of drug-likeness (QED) is 0.381.